The quantitative estimate of drug-likeness (QED) is 0.809. The van der Waals surface area contributed by atoms with Gasteiger partial charge in [-0.05, 0) is 12.3 Å². The highest BCUT2D eigenvalue weighted by atomic mass is 16.5. The molecule has 0 radical (unpaired) electrons. The van der Waals surface area contributed by atoms with Gasteiger partial charge in [0.05, 0.1) is 12.7 Å². The van der Waals surface area contributed by atoms with Crippen molar-refractivity contribution in [2.24, 2.45) is 0 Å². The topological polar surface area (TPSA) is 47.0 Å². The van der Waals surface area contributed by atoms with E-state index in [-0.39, 0.29) is 0 Å². The van der Waals surface area contributed by atoms with Gasteiger partial charge < -0.3 is 10.1 Å². The Morgan fingerprint density at radius 2 is 2.13 bits per heavy atom. The van der Waals surface area contributed by atoms with Crippen LogP contribution in [0, 0.1) is 0 Å². The van der Waals surface area contributed by atoms with Crippen LogP contribution in [-0.4, -0.2) is 23.6 Å². The number of ether oxygens (including phenoxy) is 1. The van der Waals surface area contributed by atoms with Crippen molar-refractivity contribution >= 4 is 5.82 Å². The molecule has 0 fully saturated rings. The first-order valence-electron chi connectivity index (χ1n) is 5.33. The van der Waals surface area contributed by atoms with Gasteiger partial charge in [0.25, 0.3) is 0 Å². The Kier molecular flexibility index (Phi) is 4.34. The molecular formula is C11H19N3O. The Morgan fingerprint density at radius 1 is 1.40 bits per heavy atom. The fourth-order valence-electron chi connectivity index (χ4n) is 1.45. The summed E-state index contributed by atoms with van der Waals surface area (Å²) in [5.74, 6) is 1.90. The molecule has 0 amide bonds. The average Bonchev–Trinajstić information content (AvgIpc) is 2.25. The van der Waals surface area contributed by atoms with Crippen molar-refractivity contribution in [2.45, 2.75) is 33.1 Å². The van der Waals surface area contributed by atoms with Gasteiger partial charge in [-0.3, -0.25) is 0 Å². The normalized spacial score (nSPS) is 10.5. The zero-order valence-electron chi connectivity index (χ0n) is 9.87. The molecule has 84 valence electrons. The SMILES string of the molecule is CCCNc1ncnc(OC)c1C(C)C. The number of anilines is 1. The molecule has 0 aliphatic heterocycles. The van der Waals surface area contributed by atoms with Crippen molar-refractivity contribution < 1.29 is 4.74 Å². The van der Waals surface area contributed by atoms with Gasteiger partial charge in [0.1, 0.15) is 12.1 Å². The van der Waals surface area contributed by atoms with E-state index < -0.39 is 0 Å². The minimum atomic E-state index is 0.348. The molecule has 4 nitrogen and oxygen atoms in total. The molecule has 15 heavy (non-hydrogen) atoms. The van der Waals surface area contributed by atoms with Crippen molar-refractivity contribution in [3.8, 4) is 5.88 Å². The van der Waals surface area contributed by atoms with E-state index in [1.54, 1.807) is 7.11 Å². The van der Waals surface area contributed by atoms with Gasteiger partial charge >= 0.3 is 0 Å². The lowest BCUT2D eigenvalue weighted by molar-refractivity contribution is 0.389. The van der Waals surface area contributed by atoms with E-state index in [0.717, 1.165) is 24.3 Å². The predicted octanol–water partition coefficient (Wildman–Crippen LogP) is 2.43. The second-order valence-electron chi connectivity index (χ2n) is 3.73. The third-order valence-electron chi connectivity index (χ3n) is 2.16. The van der Waals surface area contributed by atoms with Crippen LogP contribution < -0.4 is 10.1 Å². The molecule has 0 saturated carbocycles. The lowest BCUT2D eigenvalue weighted by Gasteiger charge is -2.15. The first kappa shape index (κ1) is 11.8. The third kappa shape index (κ3) is 2.81. The molecule has 0 spiro atoms. The summed E-state index contributed by atoms with van der Waals surface area (Å²) in [6.45, 7) is 7.26. The highest BCUT2D eigenvalue weighted by Crippen LogP contribution is 2.29. The van der Waals surface area contributed by atoms with Crippen molar-refractivity contribution in [3.05, 3.63) is 11.9 Å². The van der Waals surface area contributed by atoms with Crippen molar-refractivity contribution in [1.29, 1.82) is 0 Å². The average molecular weight is 209 g/mol. The molecule has 0 bridgehead atoms. The summed E-state index contributed by atoms with van der Waals surface area (Å²) >= 11 is 0. The number of hydrogen-bond acceptors (Lipinski definition) is 4. The summed E-state index contributed by atoms with van der Waals surface area (Å²) in [6.07, 6.45) is 2.60. The molecule has 1 rings (SSSR count). The van der Waals surface area contributed by atoms with Gasteiger partial charge in [0.15, 0.2) is 0 Å². The molecule has 0 aliphatic carbocycles. The van der Waals surface area contributed by atoms with Crippen LogP contribution >= 0.6 is 0 Å². The summed E-state index contributed by atoms with van der Waals surface area (Å²) in [7, 11) is 1.64. The van der Waals surface area contributed by atoms with Crippen LogP contribution in [0.5, 0.6) is 5.88 Å². The molecule has 0 saturated heterocycles. The summed E-state index contributed by atoms with van der Waals surface area (Å²) in [4.78, 5) is 8.36. The first-order valence-corrected chi connectivity index (χ1v) is 5.33. The van der Waals surface area contributed by atoms with Gasteiger partial charge in [0, 0.05) is 6.54 Å². The first-order chi connectivity index (χ1) is 7.20. The maximum absolute atomic E-state index is 5.24. The predicted molar refractivity (Wildman–Crippen MR) is 61.5 cm³/mol. The van der Waals surface area contributed by atoms with Crippen LogP contribution in [0.4, 0.5) is 5.82 Å². The second kappa shape index (κ2) is 5.53. The van der Waals surface area contributed by atoms with E-state index in [0.29, 0.717) is 11.8 Å². The highest BCUT2D eigenvalue weighted by molar-refractivity contribution is 5.50. The molecule has 1 aromatic rings. The number of nitrogens with zero attached hydrogens (tertiary/aromatic N) is 2. The van der Waals surface area contributed by atoms with Crippen LogP contribution in [0.25, 0.3) is 0 Å². The second-order valence-corrected chi connectivity index (χ2v) is 3.73. The van der Waals surface area contributed by atoms with Crippen LogP contribution in [0.3, 0.4) is 0 Å². The van der Waals surface area contributed by atoms with Crippen LogP contribution in [0.2, 0.25) is 0 Å². The van der Waals surface area contributed by atoms with Gasteiger partial charge in [-0.2, -0.15) is 0 Å². The number of aromatic nitrogens is 2. The Hall–Kier alpha value is -1.32. The summed E-state index contributed by atoms with van der Waals surface area (Å²) in [5, 5.41) is 3.29. The van der Waals surface area contributed by atoms with Crippen LogP contribution in [0.1, 0.15) is 38.7 Å². The summed E-state index contributed by atoms with van der Waals surface area (Å²) in [5.41, 5.74) is 1.05. The number of nitrogens with one attached hydrogen (secondary N) is 1. The maximum Gasteiger partial charge on any atom is 0.221 e. The van der Waals surface area contributed by atoms with Crippen molar-refractivity contribution in [2.75, 3.05) is 19.0 Å². The minimum Gasteiger partial charge on any atom is -0.481 e. The molecule has 0 aromatic carbocycles. The Morgan fingerprint density at radius 3 is 2.67 bits per heavy atom. The van der Waals surface area contributed by atoms with Crippen molar-refractivity contribution in [3.63, 3.8) is 0 Å². The van der Waals surface area contributed by atoms with Gasteiger partial charge in [0.2, 0.25) is 5.88 Å². The van der Waals surface area contributed by atoms with Gasteiger partial charge in [-0.25, -0.2) is 9.97 Å². The molecule has 1 heterocycles. The number of hydrogen-bond donors (Lipinski definition) is 1. The third-order valence-corrected chi connectivity index (χ3v) is 2.16. The lowest BCUT2D eigenvalue weighted by atomic mass is 10.1. The minimum absolute atomic E-state index is 0.348. The molecular weight excluding hydrogens is 190 g/mol. The largest absolute Gasteiger partial charge is 0.481 e. The Labute approximate surface area is 91.1 Å². The van der Waals surface area contributed by atoms with E-state index in [1.807, 2.05) is 0 Å². The van der Waals surface area contributed by atoms with Crippen LogP contribution in [-0.2, 0) is 0 Å². The van der Waals surface area contributed by atoms with E-state index in [9.17, 15) is 0 Å². The zero-order valence-corrected chi connectivity index (χ0v) is 9.87. The molecule has 0 aliphatic rings. The fourth-order valence-corrected chi connectivity index (χ4v) is 1.45. The van der Waals surface area contributed by atoms with E-state index in [1.165, 1.54) is 6.33 Å². The Balaban J connectivity index is 3.02. The smallest absolute Gasteiger partial charge is 0.221 e. The van der Waals surface area contributed by atoms with E-state index >= 15 is 0 Å². The van der Waals surface area contributed by atoms with Gasteiger partial charge in [-0.1, -0.05) is 20.8 Å². The van der Waals surface area contributed by atoms with Crippen molar-refractivity contribution in [1.82, 2.24) is 9.97 Å². The molecule has 1 aromatic heterocycles. The summed E-state index contributed by atoms with van der Waals surface area (Å²) in [6, 6.07) is 0. The standard InChI is InChI=1S/C11H19N3O/c1-5-6-12-10-9(8(2)3)11(15-4)14-7-13-10/h7-8H,5-6H2,1-4H3,(H,12,13,14). The van der Waals surface area contributed by atoms with E-state index in [2.05, 4.69) is 36.1 Å². The highest BCUT2D eigenvalue weighted by Gasteiger charge is 2.14. The molecule has 0 atom stereocenters. The van der Waals surface area contributed by atoms with Crippen LogP contribution in [0.15, 0.2) is 6.33 Å². The number of rotatable bonds is 5. The Bertz CT molecular complexity index is 313. The van der Waals surface area contributed by atoms with E-state index in [4.69, 9.17) is 4.74 Å². The van der Waals surface area contributed by atoms with Gasteiger partial charge in [-0.15, -0.1) is 0 Å². The lowest BCUT2D eigenvalue weighted by Crippen LogP contribution is -2.08. The fraction of sp³-hybridized carbons (Fsp3) is 0.636. The summed E-state index contributed by atoms with van der Waals surface area (Å²) < 4.78 is 5.24. The molecule has 1 N–H and O–H groups in total. The maximum atomic E-state index is 5.24. The monoisotopic (exact) mass is 209 g/mol. The molecule has 4 heteroatoms. The molecule has 0 unspecified atom stereocenters. The zero-order chi connectivity index (χ0) is 11.3. The number of methoxy groups -OCH3 is 1.